The van der Waals surface area contributed by atoms with E-state index in [0.717, 1.165) is 38.5 Å². The van der Waals surface area contributed by atoms with Gasteiger partial charge in [0.05, 0.1) is 12.2 Å². The summed E-state index contributed by atoms with van der Waals surface area (Å²) in [6.07, 6.45) is 15.1. The number of unbranched alkanes of at least 4 members (excludes halogenated alkanes) is 1. The summed E-state index contributed by atoms with van der Waals surface area (Å²) in [6.45, 7) is 3.39. The molecule has 22 heavy (non-hydrogen) atoms. The molecular weight excluding hydrogens is 280 g/mol. The standard InChI is InChI=1S/C18H30O4/c1-15(18(20)21)11-9-10-14-17(22-3)13-8-6-4-5-7-12-16(2)19/h4,6,9-11,16-17,19H,5,7-8,12-14H2,1-3H3,(H,20,21)/b6-4+,10-9+,15-11+/t16-,17+/m1/s1. The molecule has 0 radical (unpaired) electrons. The Balaban J connectivity index is 3.88. The van der Waals surface area contributed by atoms with Crippen LogP contribution in [0.15, 0.2) is 36.0 Å². The maximum atomic E-state index is 10.6. The Morgan fingerprint density at radius 1 is 1.18 bits per heavy atom. The van der Waals surface area contributed by atoms with Gasteiger partial charge in [0, 0.05) is 12.7 Å². The zero-order valence-corrected chi connectivity index (χ0v) is 14.0. The highest BCUT2D eigenvalue weighted by Crippen LogP contribution is 2.09. The molecule has 0 amide bonds. The van der Waals surface area contributed by atoms with Crippen LogP contribution in [0, 0.1) is 0 Å². The number of carboxylic acid groups (broad SMARTS) is 1. The Morgan fingerprint density at radius 2 is 1.86 bits per heavy atom. The number of hydrogen-bond acceptors (Lipinski definition) is 3. The molecule has 2 N–H and O–H groups in total. The predicted molar refractivity (Wildman–Crippen MR) is 89.9 cm³/mol. The Kier molecular flexibility index (Phi) is 12.4. The number of allylic oxidation sites excluding steroid dienone is 4. The minimum Gasteiger partial charge on any atom is -0.478 e. The first-order valence-corrected chi connectivity index (χ1v) is 7.90. The van der Waals surface area contributed by atoms with Crippen molar-refractivity contribution in [3.05, 3.63) is 36.0 Å². The fourth-order valence-corrected chi connectivity index (χ4v) is 1.89. The number of hydrogen-bond donors (Lipinski definition) is 2. The minimum atomic E-state index is -0.895. The lowest BCUT2D eigenvalue weighted by Gasteiger charge is -2.11. The third-order valence-corrected chi connectivity index (χ3v) is 3.37. The molecule has 2 atom stereocenters. The van der Waals surface area contributed by atoms with Gasteiger partial charge in [0.25, 0.3) is 0 Å². The summed E-state index contributed by atoms with van der Waals surface area (Å²) in [5.74, 6) is -0.895. The molecule has 0 bridgehead atoms. The van der Waals surface area contributed by atoms with Gasteiger partial charge in [-0.25, -0.2) is 4.79 Å². The van der Waals surface area contributed by atoms with Crippen LogP contribution in [-0.4, -0.2) is 35.5 Å². The second kappa shape index (κ2) is 13.3. The first-order valence-electron chi connectivity index (χ1n) is 7.90. The monoisotopic (exact) mass is 310 g/mol. The van der Waals surface area contributed by atoms with Gasteiger partial charge < -0.3 is 14.9 Å². The second-order valence-electron chi connectivity index (χ2n) is 5.51. The van der Waals surface area contributed by atoms with Gasteiger partial charge >= 0.3 is 5.97 Å². The summed E-state index contributed by atoms with van der Waals surface area (Å²) in [6, 6.07) is 0. The third-order valence-electron chi connectivity index (χ3n) is 3.37. The molecule has 0 aliphatic heterocycles. The highest BCUT2D eigenvalue weighted by Gasteiger charge is 2.03. The second-order valence-corrected chi connectivity index (χ2v) is 5.51. The van der Waals surface area contributed by atoms with E-state index in [0.29, 0.717) is 5.57 Å². The van der Waals surface area contributed by atoms with Crippen molar-refractivity contribution >= 4 is 5.97 Å². The van der Waals surface area contributed by atoms with Crippen LogP contribution in [0.25, 0.3) is 0 Å². The Morgan fingerprint density at radius 3 is 2.45 bits per heavy atom. The highest BCUT2D eigenvalue weighted by atomic mass is 16.5. The van der Waals surface area contributed by atoms with E-state index < -0.39 is 5.97 Å². The van der Waals surface area contributed by atoms with Crippen molar-refractivity contribution in [3.63, 3.8) is 0 Å². The van der Waals surface area contributed by atoms with Crippen LogP contribution >= 0.6 is 0 Å². The van der Waals surface area contributed by atoms with Gasteiger partial charge in [0.15, 0.2) is 0 Å². The molecule has 0 aliphatic rings. The number of ether oxygens (including phenoxy) is 1. The van der Waals surface area contributed by atoms with E-state index in [1.54, 1.807) is 26.2 Å². The van der Waals surface area contributed by atoms with Crippen LogP contribution in [0.2, 0.25) is 0 Å². The van der Waals surface area contributed by atoms with E-state index in [4.69, 9.17) is 14.9 Å². The van der Waals surface area contributed by atoms with Crippen molar-refractivity contribution in [3.8, 4) is 0 Å². The van der Waals surface area contributed by atoms with E-state index in [1.165, 1.54) is 0 Å². The molecular formula is C18H30O4. The van der Waals surface area contributed by atoms with Crippen LogP contribution in [0.4, 0.5) is 0 Å². The number of aliphatic hydroxyl groups excluding tert-OH is 1. The van der Waals surface area contributed by atoms with Crippen LogP contribution in [0.1, 0.15) is 52.4 Å². The van der Waals surface area contributed by atoms with Crippen LogP contribution < -0.4 is 0 Å². The quantitative estimate of drug-likeness (QED) is 0.248. The lowest BCUT2D eigenvalue weighted by Crippen LogP contribution is -2.08. The fraction of sp³-hybridized carbons (Fsp3) is 0.611. The SMILES string of the molecule is CO[C@H](C/C=C/C=C(\C)C(=O)O)CC/C=C/CCC[C@@H](C)O. The normalized spacial score (nSPS) is 15.5. The van der Waals surface area contributed by atoms with Gasteiger partial charge in [0.2, 0.25) is 0 Å². The Labute approximate surface area is 134 Å². The van der Waals surface area contributed by atoms with E-state index >= 15 is 0 Å². The third kappa shape index (κ3) is 12.4. The average Bonchev–Trinajstić information content (AvgIpc) is 2.47. The molecule has 4 heteroatoms. The Bertz CT molecular complexity index is 381. The molecule has 0 fully saturated rings. The summed E-state index contributed by atoms with van der Waals surface area (Å²) in [5.41, 5.74) is 0.324. The molecule has 0 saturated heterocycles. The lowest BCUT2D eigenvalue weighted by atomic mass is 10.1. The smallest absolute Gasteiger partial charge is 0.331 e. The van der Waals surface area contributed by atoms with Gasteiger partial charge in [-0.05, 0) is 52.4 Å². The molecule has 0 aromatic rings. The summed E-state index contributed by atoms with van der Waals surface area (Å²) in [5, 5.41) is 17.9. The molecule has 0 aromatic carbocycles. The number of carbonyl (C=O) groups is 1. The number of aliphatic carboxylic acids is 1. The first kappa shape index (κ1) is 20.6. The molecule has 0 spiro atoms. The largest absolute Gasteiger partial charge is 0.478 e. The van der Waals surface area contributed by atoms with Gasteiger partial charge in [0.1, 0.15) is 0 Å². The Hall–Kier alpha value is -1.39. The molecule has 0 saturated carbocycles. The van der Waals surface area contributed by atoms with Crippen molar-refractivity contribution in [2.24, 2.45) is 0 Å². The maximum Gasteiger partial charge on any atom is 0.331 e. The van der Waals surface area contributed by atoms with Crippen molar-refractivity contribution < 1.29 is 19.7 Å². The van der Waals surface area contributed by atoms with Gasteiger partial charge in [-0.15, -0.1) is 0 Å². The summed E-state index contributed by atoms with van der Waals surface area (Å²) in [7, 11) is 1.70. The molecule has 0 aromatic heterocycles. The first-order chi connectivity index (χ1) is 10.5. The van der Waals surface area contributed by atoms with Crippen molar-refractivity contribution in [2.45, 2.75) is 64.6 Å². The van der Waals surface area contributed by atoms with Crippen LogP contribution in [0.3, 0.4) is 0 Å². The highest BCUT2D eigenvalue weighted by molar-refractivity contribution is 5.86. The summed E-state index contributed by atoms with van der Waals surface area (Å²) in [4.78, 5) is 10.6. The predicted octanol–water partition coefficient (Wildman–Crippen LogP) is 3.87. The molecule has 0 rings (SSSR count). The van der Waals surface area contributed by atoms with E-state index in [-0.39, 0.29) is 12.2 Å². The van der Waals surface area contributed by atoms with Crippen LogP contribution in [-0.2, 0) is 9.53 Å². The number of methoxy groups -OCH3 is 1. The lowest BCUT2D eigenvalue weighted by molar-refractivity contribution is -0.132. The van der Waals surface area contributed by atoms with E-state index in [2.05, 4.69) is 12.2 Å². The van der Waals surface area contributed by atoms with Gasteiger partial charge in [-0.2, -0.15) is 0 Å². The topological polar surface area (TPSA) is 66.8 Å². The zero-order chi connectivity index (χ0) is 16.8. The average molecular weight is 310 g/mol. The van der Waals surface area contributed by atoms with E-state index in [1.807, 2.05) is 13.0 Å². The summed E-state index contributed by atoms with van der Waals surface area (Å²) < 4.78 is 5.41. The zero-order valence-electron chi connectivity index (χ0n) is 14.0. The number of rotatable bonds is 12. The fourth-order valence-electron chi connectivity index (χ4n) is 1.89. The minimum absolute atomic E-state index is 0.150. The molecule has 0 unspecified atom stereocenters. The van der Waals surface area contributed by atoms with Crippen LogP contribution in [0.5, 0.6) is 0 Å². The van der Waals surface area contributed by atoms with Gasteiger partial charge in [-0.3, -0.25) is 0 Å². The van der Waals surface area contributed by atoms with E-state index in [9.17, 15) is 4.79 Å². The van der Waals surface area contributed by atoms with Crippen molar-refractivity contribution in [1.29, 1.82) is 0 Å². The molecule has 4 nitrogen and oxygen atoms in total. The number of carboxylic acids is 1. The summed E-state index contributed by atoms with van der Waals surface area (Å²) >= 11 is 0. The number of aliphatic hydroxyl groups is 1. The molecule has 0 aliphatic carbocycles. The molecule has 126 valence electrons. The van der Waals surface area contributed by atoms with Gasteiger partial charge in [-0.1, -0.05) is 30.4 Å². The maximum absolute atomic E-state index is 10.6. The van der Waals surface area contributed by atoms with Crippen molar-refractivity contribution in [1.82, 2.24) is 0 Å². The van der Waals surface area contributed by atoms with Crippen molar-refractivity contribution in [2.75, 3.05) is 7.11 Å². The molecule has 0 heterocycles.